The molecular weight excluding hydrogens is 222 g/mol. The van der Waals surface area contributed by atoms with E-state index in [1.54, 1.807) is 20.9 Å². The Bertz CT molecular complexity index is 562. The maximum atomic E-state index is 11.7. The highest BCUT2D eigenvalue weighted by Crippen LogP contribution is 2.28. The third-order valence-corrected chi connectivity index (χ3v) is 2.42. The zero-order chi connectivity index (χ0) is 12.4. The minimum absolute atomic E-state index is 0.322. The van der Waals surface area contributed by atoms with Crippen molar-refractivity contribution in [3.63, 3.8) is 0 Å². The first kappa shape index (κ1) is 11.4. The van der Waals surface area contributed by atoms with Crippen LogP contribution in [0.25, 0.3) is 11.1 Å². The Kier molecular flexibility index (Phi) is 2.95. The van der Waals surface area contributed by atoms with Gasteiger partial charge in [-0.1, -0.05) is 5.16 Å². The summed E-state index contributed by atoms with van der Waals surface area (Å²) in [6, 6.07) is 0. The highest BCUT2D eigenvalue weighted by Gasteiger charge is 2.19. The second kappa shape index (κ2) is 4.40. The number of carbonyl (C=O) groups excluding carboxylic acids is 1. The third-order valence-electron chi connectivity index (χ3n) is 2.42. The van der Waals surface area contributed by atoms with Crippen LogP contribution in [0.1, 0.15) is 23.0 Å². The van der Waals surface area contributed by atoms with Crippen LogP contribution in [0.4, 0.5) is 5.69 Å². The number of rotatable bonds is 3. The van der Waals surface area contributed by atoms with Crippen LogP contribution in [0, 0.1) is 6.92 Å². The summed E-state index contributed by atoms with van der Waals surface area (Å²) in [6.45, 7) is 3.87. The second-order valence-electron chi connectivity index (χ2n) is 3.47. The number of esters is 1. The fourth-order valence-electron chi connectivity index (χ4n) is 1.68. The topological polar surface area (TPSA) is 77.2 Å². The third kappa shape index (κ3) is 1.82. The summed E-state index contributed by atoms with van der Waals surface area (Å²) in [5.74, 6) is -0.410. The molecule has 6 heteroatoms. The van der Waals surface area contributed by atoms with Crippen LogP contribution in [0.5, 0.6) is 0 Å². The first-order valence-electron chi connectivity index (χ1n) is 5.28. The molecular formula is C11H13N3O3. The zero-order valence-corrected chi connectivity index (χ0v) is 9.90. The number of carbonyl (C=O) groups is 1. The summed E-state index contributed by atoms with van der Waals surface area (Å²) in [4.78, 5) is 15.8. The Balaban J connectivity index is 2.64. The molecule has 2 aromatic rings. The average molecular weight is 235 g/mol. The van der Waals surface area contributed by atoms with Crippen LogP contribution in [0.3, 0.4) is 0 Å². The highest BCUT2D eigenvalue weighted by molar-refractivity contribution is 6.04. The fourth-order valence-corrected chi connectivity index (χ4v) is 1.68. The monoisotopic (exact) mass is 235 g/mol. The first-order valence-corrected chi connectivity index (χ1v) is 5.28. The van der Waals surface area contributed by atoms with Crippen molar-refractivity contribution < 1.29 is 14.1 Å². The SMILES string of the molecule is CCOC(=O)c1cnc2onc(C)c2c1NC. The molecule has 0 bridgehead atoms. The molecule has 0 aromatic carbocycles. The van der Waals surface area contributed by atoms with E-state index in [0.29, 0.717) is 34.7 Å². The van der Waals surface area contributed by atoms with E-state index < -0.39 is 5.97 Å². The Morgan fingerprint density at radius 3 is 3.00 bits per heavy atom. The van der Waals surface area contributed by atoms with Crippen molar-refractivity contribution in [2.75, 3.05) is 19.0 Å². The summed E-state index contributed by atoms with van der Waals surface area (Å²) in [7, 11) is 1.73. The molecule has 6 nitrogen and oxygen atoms in total. The number of aryl methyl sites for hydroxylation is 1. The summed E-state index contributed by atoms with van der Waals surface area (Å²) < 4.78 is 10.00. The zero-order valence-electron chi connectivity index (χ0n) is 9.90. The van der Waals surface area contributed by atoms with Crippen molar-refractivity contribution in [3.05, 3.63) is 17.5 Å². The molecule has 0 aliphatic carbocycles. The van der Waals surface area contributed by atoms with Crippen molar-refractivity contribution >= 4 is 22.8 Å². The molecule has 0 amide bonds. The van der Waals surface area contributed by atoms with Gasteiger partial charge in [-0.3, -0.25) is 0 Å². The molecule has 0 saturated heterocycles. The molecule has 2 rings (SSSR count). The first-order chi connectivity index (χ1) is 8.19. The van der Waals surface area contributed by atoms with Gasteiger partial charge in [0.15, 0.2) is 0 Å². The van der Waals surface area contributed by atoms with E-state index >= 15 is 0 Å². The van der Waals surface area contributed by atoms with Crippen molar-refractivity contribution in [2.45, 2.75) is 13.8 Å². The minimum Gasteiger partial charge on any atom is -0.462 e. The molecule has 17 heavy (non-hydrogen) atoms. The van der Waals surface area contributed by atoms with E-state index in [1.807, 2.05) is 0 Å². The minimum atomic E-state index is -0.410. The van der Waals surface area contributed by atoms with Gasteiger partial charge in [0.2, 0.25) is 0 Å². The van der Waals surface area contributed by atoms with E-state index in [1.165, 1.54) is 6.20 Å². The fraction of sp³-hybridized carbons (Fsp3) is 0.364. The van der Waals surface area contributed by atoms with Gasteiger partial charge >= 0.3 is 5.97 Å². The number of nitrogens with one attached hydrogen (secondary N) is 1. The van der Waals surface area contributed by atoms with Crippen LogP contribution < -0.4 is 5.32 Å². The number of pyridine rings is 1. The van der Waals surface area contributed by atoms with Crippen molar-refractivity contribution in [2.24, 2.45) is 0 Å². The van der Waals surface area contributed by atoms with Gasteiger partial charge in [0.1, 0.15) is 5.56 Å². The van der Waals surface area contributed by atoms with Gasteiger partial charge in [0, 0.05) is 13.2 Å². The lowest BCUT2D eigenvalue weighted by Crippen LogP contribution is -2.09. The number of anilines is 1. The molecule has 0 atom stereocenters. The van der Waals surface area contributed by atoms with Crippen LogP contribution in [-0.2, 0) is 4.74 Å². The Labute approximate surface area is 97.9 Å². The molecule has 0 aliphatic heterocycles. The maximum Gasteiger partial charge on any atom is 0.341 e. The summed E-state index contributed by atoms with van der Waals surface area (Å²) in [5.41, 5.74) is 2.10. The Morgan fingerprint density at radius 1 is 1.59 bits per heavy atom. The van der Waals surface area contributed by atoms with Gasteiger partial charge in [-0.25, -0.2) is 9.78 Å². The highest BCUT2D eigenvalue weighted by atomic mass is 16.5. The van der Waals surface area contributed by atoms with Crippen LogP contribution in [-0.4, -0.2) is 29.8 Å². The largest absolute Gasteiger partial charge is 0.462 e. The predicted octanol–water partition coefficient (Wildman–Crippen LogP) is 1.75. The lowest BCUT2D eigenvalue weighted by Gasteiger charge is -2.08. The Hall–Kier alpha value is -2.11. The number of ether oxygens (including phenoxy) is 1. The van der Waals surface area contributed by atoms with E-state index in [-0.39, 0.29) is 0 Å². The lowest BCUT2D eigenvalue weighted by atomic mass is 10.1. The summed E-state index contributed by atoms with van der Waals surface area (Å²) in [5, 5.41) is 7.49. The molecule has 2 heterocycles. The smallest absolute Gasteiger partial charge is 0.341 e. The normalized spacial score (nSPS) is 10.5. The number of nitrogens with zero attached hydrogens (tertiary/aromatic N) is 2. The average Bonchev–Trinajstić information content (AvgIpc) is 2.70. The predicted molar refractivity (Wildman–Crippen MR) is 62.0 cm³/mol. The summed E-state index contributed by atoms with van der Waals surface area (Å²) >= 11 is 0. The molecule has 0 aliphatic rings. The van der Waals surface area contributed by atoms with Crippen LogP contribution in [0.15, 0.2) is 10.7 Å². The Morgan fingerprint density at radius 2 is 2.35 bits per heavy atom. The van der Waals surface area contributed by atoms with Crippen LogP contribution in [0.2, 0.25) is 0 Å². The molecule has 90 valence electrons. The van der Waals surface area contributed by atoms with Gasteiger partial charge < -0.3 is 14.6 Å². The van der Waals surface area contributed by atoms with Gasteiger partial charge in [-0.05, 0) is 13.8 Å². The van der Waals surface area contributed by atoms with Gasteiger partial charge in [-0.15, -0.1) is 0 Å². The van der Waals surface area contributed by atoms with E-state index in [4.69, 9.17) is 9.26 Å². The number of hydrogen-bond acceptors (Lipinski definition) is 6. The van der Waals surface area contributed by atoms with E-state index in [2.05, 4.69) is 15.5 Å². The van der Waals surface area contributed by atoms with Crippen LogP contribution >= 0.6 is 0 Å². The van der Waals surface area contributed by atoms with Gasteiger partial charge in [0.25, 0.3) is 5.71 Å². The molecule has 0 fully saturated rings. The van der Waals surface area contributed by atoms with Gasteiger partial charge in [0.05, 0.1) is 23.4 Å². The number of fused-ring (bicyclic) bond motifs is 1. The number of aromatic nitrogens is 2. The quantitative estimate of drug-likeness (QED) is 0.816. The van der Waals surface area contributed by atoms with E-state index in [9.17, 15) is 4.79 Å². The summed E-state index contributed by atoms with van der Waals surface area (Å²) in [6.07, 6.45) is 1.43. The molecule has 0 unspecified atom stereocenters. The molecule has 0 saturated carbocycles. The second-order valence-corrected chi connectivity index (χ2v) is 3.47. The maximum absolute atomic E-state index is 11.7. The molecule has 0 radical (unpaired) electrons. The lowest BCUT2D eigenvalue weighted by molar-refractivity contribution is 0.0527. The molecule has 2 aromatic heterocycles. The van der Waals surface area contributed by atoms with Crippen molar-refractivity contribution in [1.82, 2.24) is 10.1 Å². The van der Waals surface area contributed by atoms with Crippen molar-refractivity contribution in [1.29, 1.82) is 0 Å². The molecule has 0 spiro atoms. The van der Waals surface area contributed by atoms with Crippen molar-refractivity contribution in [3.8, 4) is 0 Å². The standard InChI is InChI=1S/C11H13N3O3/c1-4-16-11(15)7-5-13-10-8(9(7)12-3)6(2)14-17-10/h5H,4H2,1-3H3,(H,12,13). The molecule has 1 N–H and O–H groups in total. The number of hydrogen-bond donors (Lipinski definition) is 1. The van der Waals surface area contributed by atoms with Gasteiger partial charge in [-0.2, -0.15) is 0 Å². The van der Waals surface area contributed by atoms with E-state index in [0.717, 1.165) is 0 Å².